The second kappa shape index (κ2) is 6.52. The summed E-state index contributed by atoms with van der Waals surface area (Å²) in [5.41, 5.74) is 3.82. The maximum absolute atomic E-state index is 6.03. The first-order chi connectivity index (χ1) is 12.1. The largest absolute Gasteiger partial charge is 0.348 e. The molecule has 0 saturated heterocycles. The number of halogens is 1. The Morgan fingerprint density at radius 1 is 1.04 bits per heavy atom. The monoisotopic (exact) mass is 352 g/mol. The molecule has 0 unspecified atom stereocenters. The second-order valence-electron chi connectivity index (χ2n) is 6.85. The average Bonchev–Trinajstić information content (AvgIpc) is 3.10. The Balaban J connectivity index is 1.68. The first kappa shape index (κ1) is 16.2. The third kappa shape index (κ3) is 3.14. The number of nitrogens with zero attached hydrogens (tertiary/aromatic N) is 3. The summed E-state index contributed by atoms with van der Waals surface area (Å²) in [7, 11) is 0. The lowest BCUT2D eigenvalue weighted by molar-refractivity contribution is 0.431. The molecule has 0 amide bonds. The first-order valence-electron chi connectivity index (χ1n) is 8.63. The van der Waals surface area contributed by atoms with Crippen molar-refractivity contribution in [2.24, 2.45) is 0 Å². The van der Waals surface area contributed by atoms with Crippen LogP contribution in [0.1, 0.15) is 55.0 Å². The van der Waals surface area contributed by atoms with Gasteiger partial charge in [-0.1, -0.05) is 61.8 Å². The lowest BCUT2D eigenvalue weighted by atomic mass is 9.92. The Hall–Kier alpha value is -2.33. The number of hydrogen-bond acceptors (Lipinski definition) is 3. The lowest BCUT2D eigenvalue weighted by Crippen LogP contribution is -2.28. The smallest absolute Gasteiger partial charge is 0.222 e. The van der Waals surface area contributed by atoms with Crippen LogP contribution in [0, 0.1) is 0 Å². The molecule has 3 aromatic rings. The van der Waals surface area contributed by atoms with E-state index in [1.54, 1.807) is 6.33 Å². The van der Waals surface area contributed by atoms with Gasteiger partial charge >= 0.3 is 0 Å². The van der Waals surface area contributed by atoms with E-state index in [4.69, 9.17) is 11.6 Å². The van der Waals surface area contributed by atoms with Crippen LogP contribution in [0.2, 0.25) is 5.02 Å². The van der Waals surface area contributed by atoms with Gasteiger partial charge in [-0.05, 0) is 41.2 Å². The van der Waals surface area contributed by atoms with E-state index in [1.165, 1.54) is 16.7 Å². The number of hydrogen-bond donors (Lipinski definition) is 1. The molecule has 0 aliphatic carbocycles. The fraction of sp³-hybridized carbons (Fsp3) is 0.300. The van der Waals surface area contributed by atoms with Gasteiger partial charge in [0, 0.05) is 5.02 Å². The molecule has 2 atom stereocenters. The molecule has 4 nitrogen and oxygen atoms in total. The molecule has 1 N–H and O–H groups in total. The van der Waals surface area contributed by atoms with Crippen LogP contribution in [0.25, 0.3) is 0 Å². The topological polar surface area (TPSA) is 42.7 Å². The SMILES string of the molecule is CC(C)c1ccc([C@@H]2C[C@H](c3ccc(Cl)cc3)Nc3ncnn32)cc1. The fourth-order valence-corrected chi connectivity index (χ4v) is 3.54. The number of fused-ring (bicyclic) bond motifs is 1. The van der Waals surface area contributed by atoms with Gasteiger partial charge in [0.25, 0.3) is 0 Å². The van der Waals surface area contributed by atoms with Gasteiger partial charge in [-0.3, -0.25) is 0 Å². The average molecular weight is 353 g/mol. The molecular formula is C20H21ClN4. The van der Waals surface area contributed by atoms with Crippen LogP contribution in [0.4, 0.5) is 5.95 Å². The minimum absolute atomic E-state index is 0.167. The van der Waals surface area contributed by atoms with Gasteiger partial charge in [0.15, 0.2) is 0 Å². The Labute approximate surface area is 152 Å². The van der Waals surface area contributed by atoms with Gasteiger partial charge in [-0.15, -0.1) is 0 Å². The van der Waals surface area contributed by atoms with E-state index >= 15 is 0 Å². The molecule has 25 heavy (non-hydrogen) atoms. The number of anilines is 1. The van der Waals surface area contributed by atoms with Crippen molar-refractivity contribution in [1.29, 1.82) is 0 Å². The van der Waals surface area contributed by atoms with E-state index in [0.717, 1.165) is 17.4 Å². The zero-order chi connectivity index (χ0) is 17.4. The van der Waals surface area contributed by atoms with Gasteiger partial charge in [0.2, 0.25) is 5.95 Å². The summed E-state index contributed by atoms with van der Waals surface area (Å²) >= 11 is 6.03. The molecule has 5 heteroatoms. The second-order valence-corrected chi connectivity index (χ2v) is 7.29. The maximum atomic E-state index is 6.03. The Morgan fingerprint density at radius 2 is 1.72 bits per heavy atom. The third-order valence-corrected chi connectivity index (χ3v) is 5.14. The Kier molecular flexibility index (Phi) is 4.22. The highest BCUT2D eigenvalue weighted by Gasteiger charge is 2.29. The van der Waals surface area contributed by atoms with Crippen molar-refractivity contribution in [3.05, 3.63) is 76.6 Å². The lowest BCUT2D eigenvalue weighted by Gasteiger charge is -2.32. The van der Waals surface area contributed by atoms with Gasteiger partial charge < -0.3 is 5.32 Å². The Bertz CT molecular complexity index is 852. The normalized spacial score (nSPS) is 19.5. The number of benzene rings is 2. The predicted molar refractivity (Wildman–Crippen MR) is 101 cm³/mol. The fourth-order valence-electron chi connectivity index (χ4n) is 3.41. The molecule has 0 saturated carbocycles. The van der Waals surface area contributed by atoms with Crippen LogP contribution in [0.3, 0.4) is 0 Å². The number of aromatic nitrogens is 3. The molecule has 2 heterocycles. The van der Waals surface area contributed by atoms with Crippen LogP contribution in [-0.4, -0.2) is 14.8 Å². The molecule has 2 aromatic carbocycles. The quantitative estimate of drug-likeness (QED) is 0.704. The van der Waals surface area contributed by atoms with Crippen LogP contribution in [0.15, 0.2) is 54.9 Å². The van der Waals surface area contributed by atoms with Gasteiger partial charge in [0.1, 0.15) is 6.33 Å². The molecular weight excluding hydrogens is 332 g/mol. The van der Waals surface area contributed by atoms with Crippen molar-refractivity contribution in [3.8, 4) is 0 Å². The van der Waals surface area contributed by atoms with Gasteiger partial charge in [-0.2, -0.15) is 10.1 Å². The summed E-state index contributed by atoms with van der Waals surface area (Å²) in [5, 5.41) is 8.68. The highest BCUT2D eigenvalue weighted by Crippen LogP contribution is 2.37. The third-order valence-electron chi connectivity index (χ3n) is 4.89. The van der Waals surface area contributed by atoms with Crippen molar-refractivity contribution in [2.75, 3.05) is 5.32 Å². The van der Waals surface area contributed by atoms with Crippen molar-refractivity contribution in [2.45, 2.75) is 38.3 Å². The standard InChI is InChI=1S/C20H21ClN4/c1-13(2)14-3-5-16(6-4-14)19-11-18(15-7-9-17(21)10-8-15)24-20-22-12-23-25(19)20/h3-10,12-13,18-19H,11H2,1-2H3,(H,22,23,24)/t18-,19+/m1/s1. The molecule has 1 aromatic heterocycles. The first-order valence-corrected chi connectivity index (χ1v) is 9.01. The summed E-state index contributed by atoms with van der Waals surface area (Å²) in [6.45, 7) is 4.43. The van der Waals surface area contributed by atoms with Crippen LogP contribution in [0.5, 0.6) is 0 Å². The number of rotatable bonds is 3. The van der Waals surface area contributed by atoms with Crippen LogP contribution in [-0.2, 0) is 0 Å². The highest BCUT2D eigenvalue weighted by atomic mass is 35.5. The van der Waals surface area contributed by atoms with Crippen LogP contribution >= 0.6 is 11.6 Å². The molecule has 0 fully saturated rings. The molecule has 4 rings (SSSR count). The molecule has 128 valence electrons. The van der Waals surface area contributed by atoms with Crippen molar-refractivity contribution < 1.29 is 0 Å². The van der Waals surface area contributed by atoms with E-state index in [1.807, 2.05) is 16.8 Å². The van der Waals surface area contributed by atoms with Gasteiger partial charge in [-0.25, -0.2) is 4.68 Å². The van der Waals surface area contributed by atoms with E-state index < -0.39 is 0 Å². The van der Waals surface area contributed by atoms with E-state index in [2.05, 4.69) is 65.6 Å². The van der Waals surface area contributed by atoms with E-state index in [0.29, 0.717) is 5.92 Å². The summed E-state index contributed by atoms with van der Waals surface area (Å²) in [4.78, 5) is 4.39. The molecule has 1 aliphatic heterocycles. The van der Waals surface area contributed by atoms with Crippen LogP contribution < -0.4 is 5.32 Å². The summed E-state index contributed by atoms with van der Waals surface area (Å²) in [5.74, 6) is 1.34. The van der Waals surface area contributed by atoms with Crippen molar-refractivity contribution in [3.63, 3.8) is 0 Å². The minimum Gasteiger partial charge on any atom is -0.348 e. The summed E-state index contributed by atoms with van der Waals surface area (Å²) in [6.07, 6.45) is 2.53. The minimum atomic E-state index is 0.167. The van der Waals surface area contributed by atoms with Crippen molar-refractivity contribution in [1.82, 2.24) is 14.8 Å². The molecule has 0 spiro atoms. The molecule has 0 radical (unpaired) electrons. The van der Waals surface area contributed by atoms with Gasteiger partial charge in [0.05, 0.1) is 12.1 Å². The maximum Gasteiger partial charge on any atom is 0.222 e. The predicted octanol–water partition coefficient (Wildman–Crippen LogP) is 5.20. The van der Waals surface area contributed by atoms with E-state index in [-0.39, 0.29) is 12.1 Å². The molecule has 0 bridgehead atoms. The Morgan fingerprint density at radius 3 is 2.40 bits per heavy atom. The number of nitrogens with one attached hydrogen (secondary N) is 1. The summed E-state index contributed by atoms with van der Waals surface area (Å²) in [6, 6.07) is 17.2. The highest BCUT2D eigenvalue weighted by molar-refractivity contribution is 6.30. The summed E-state index contributed by atoms with van der Waals surface area (Å²) < 4.78 is 1.98. The zero-order valence-electron chi connectivity index (χ0n) is 14.4. The van der Waals surface area contributed by atoms with E-state index in [9.17, 15) is 0 Å². The molecule has 1 aliphatic rings. The zero-order valence-corrected chi connectivity index (χ0v) is 15.1. The van der Waals surface area contributed by atoms with Crippen molar-refractivity contribution >= 4 is 17.5 Å².